The molecule has 0 unspecified atom stereocenters. The largest absolute Gasteiger partial charge is 0.353 e. The zero-order valence-electron chi connectivity index (χ0n) is 18.5. The number of hydrogen-bond donors (Lipinski definition) is 1. The predicted molar refractivity (Wildman–Crippen MR) is 118 cm³/mol. The Labute approximate surface area is 179 Å². The highest BCUT2D eigenvalue weighted by Crippen LogP contribution is 2.11. The van der Waals surface area contributed by atoms with Gasteiger partial charge in [-0.1, -0.05) is 18.9 Å². The second-order valence-corrected chi connectivity index (χ2v) is 8.09. The van der Waals surface area contributed by atoms with Gasteiger partial charge >= 0.3 is 0 Å². The van der Waals surface area contributed by atoms with Gasteiger partial charge < -0.3 is 19.7 Å². The number of amides is 1. The summed E-state index contributed by atoms with van der Waals surface area (Å²) in [4.78, 5) is 24.0. The lowest BCUT2D eigenvalue weighted by atomic mass is 10.2. The van der Waals surface area contributed by atoms with E-state index in [9.17, 15) is 4.79 Å². The average Bonchev–Trinajstić information content (AvgIpc) is 2.95. The average molecular weight is 417 g/mol. The van der Waals surface area contributed by atoms with Gasteiger partial charge in [0.25, 0.3) is 0 Å². The summed E-state index contributed by atoms with van der Waals surface area (Å²) in [5, 5.41) is 11.7. The van der Waals surface area contributed by atoms with Crippen molar-refractivity contribution < 1.29 is 4.79 Å². The zero-order chi connectivity index (χ0) is 21.3. The molecule has 0 aromatic carbocycles. The first-order valence-corrected chi connectivity index (χ1v) is 11.1. The minimum absolute atomic E-state index is 0.279. The van der Waals surface area contributed by atoms with Crippen LogP contribution in [-0.2, 0) is 18.4 Å². The second kappa shape index (κ2) is 11.1. The number of aryl methyl sites for hydroxylation is 1. The van der Waals surface area contributed by atoms with Crippen LogP contribution in [0.5, 0.6) is 0 Å². The van der Waals surface area contributed by atoms with Crippen molar-refractivity contribution in [2.24, 2.45) is 12.0 Å². The molecule has 1 aromatic heterocycles. The van der Waals surface area contributed by atoms with E-state index in [1.54, 1.807) is 0 Å². The SMILES string of the molecule is C=CCNC(=NCc1nnc(C)n1C)N1CCN(CC(=O)N2CCCCCC2)CC1. The molecule has 0 spiro atoms. The van der Waals surface area contributed by atoms with Gasteiger partial charge in [-0.15, -0.1) is 16.8 Å². The lowest BCUT2D eigenvalue weighted by Crippen LogP contribution is -2.54. The van der Waals surface area contributed by atoms with Crippen LogP contribution in [0.1, 0.15) is 37.3 Å². The number of guanidine groups is 1. The van der Waals surface area contributed by atoms with Gasteiger partial charge in [0, 0.05) is 52.9 Å². The molecule has 9 heteroatoms. The zero-order valence-corrected chi connectivity index (χ0v) is 18.5. The molecule has 2 aliphatic rings. The molecule has 0 saturated carbocycles. The van der Waals surface area contributed by atoms with Gasteiger partial charge in [-0.3, -0.25) is 9.69 Å². The van der Waals surface area contributed by atoms with Crippen molar-refractivity contribution in [3.8, 4) is 0 Å². The van der Waals surface area contributed by atoms with Crippen LogP contribution in [0.25, 0.3) is 0 Å². The van der Waals surface area contributed by atoms with Crippen molar-refractivity contribution in [3.05, 3.63) is 24.3 Å². The van der Waals surface area contributed by atoms with Gasteiger partial charge in [-0.2, -0.15) is 0 Å². The first-order valence-electron chi connectivity index (χ1n) is 11.1. The van der Waals surface area contributed by atoms with E-state index in [0.717, 1.165) is 69.7 Å². The molecule has 1 amide bonds. The number of nitrogens with zero attached hydrogens (tertiary/aromatic N) is 7. The fourth-order valence-corrected chi connectivity index (χ4v) is 3.89. The quantitative estimate of drug-likeness (QED) is 0.419. The summed E-state index contributed by atoms with van der Waals surface area (Å²) in [7, 11) is 1.96. The molecule has 3 heterocycles. The third-order valence-electron chi connectivity index (χ3n) is 5.95. The summed E-state index contributed by atoms with van der Waals surface area (Å²) >= 11 is 0. The molecule has 0 bridgehead atoms. The third-order valence-corrected chi connectivity index (χ3v) is 5.95. The maximum Gasteiger partial charge on any atom is 0.236 e. The Morgan fingerprint density at radius 2 is 1.77 bits per heavy atom. The Bertz CT molecular complexity index is 727. The maximum atomic E-state index is 12.7. The Balaban J connectivity index is 1.53. The Hall–Kier alpha value is -2.42. The number of carbonyl (C=O) groups is 1. The van der Waals surface area contributed by atoms with Crippen LogP contribution in [0.4, 0.5) is 0 Å². The lowest BCUT2D eigenvalue weighted by Gasteiger charge is -2.37. The highest BCUT2D eigenvalue weighted by atomic mass is 16.2. The topological polar surface area (TPSA) is 81.9 Å². The monoisotopic (exact) mass is 416 g/mol. The first-order chi connectivity index (χ1) is 14.6. The predicted octanol–water partition coefficient (Wildman–Crippen LogP) is 0.775. The van der Waals surface area contributed by atoms with Crippen molar-refractivity contribution in [2.75, 3.05) is 52.4 Å². The molecule has 2 aliphatic heterocycles. The number of aliphatic imine (C=N–C) groups is 1. The van der Waals surface area contributed by atoms with Crippen molar-refractivity contribution in [2.45, 2.75) is 39.2 Å². The summed E-state index contributed by atoms with van der Waals surface area (Å²) in [5.74, 6) is 2.85. The normalized spacial score (nSPS) is 18.9. The number of rotatable bonds is 6. The van der Waals surface area contributed by atoms with Gasteiger partial charge in [-0.05, 0) is 19.8 Å². The molecule has 2 saturated heterocycles. The summed E-state index contributed by atoms with van der Waals surface area (Å²) in [6, 6.07) is 0. The second-order valence-electron chi connectivity index (χ2n) is 8.09. The molecule has 1 N–H and O–H groups in total. The lowest BCUT2D eigenvalue weighted by molar-refractivity contribution is -0.132. The number of piperazine rings is 1. The number of carbonyl (C=O) groups excluding carboxylic acids is 1. The molecule has 1 aromatic rings. The highest BCUT2D eigenvalue weighted by Gasteiger charge is 2.24. The van der Waals surface area contributed by atoms with Crippen molar-refractivity contribution in [1.29, 1.82) is 0 Å². The van der Waals surface area contributed by atoms with E-state index in [0.29, 0.717) is 19.6 Å². The van der Waals surface area contributed by atoms with Crippen LogP contribution >= 0.6 is 0 Å². The molecule has 2 fully saturated rings. The number of likely N-dealkylation sites (tertiary alicyclic amines) is 1. The molecule has 9 nitrogen and oxygen atoms in total. The fourth-order valence-electron chi connectivity index (χ4n) is 3.89. The molecular weight excluding hydrogens is 380 g/mol. The minimum atomic E-state index is 0.279. The van der Waals surface area contributed by atoms with Crippen LogP contribution in [0, 0.1) is 6.92 Å². The van der Waals surface area contributed by atoms with Crippen LogP contribution < -0.4 is 5.32 Å². The first kappa shape index (κ1) is 22.3. The standard InChI is InChI=1S/C21H36N8O/c1-4-9-22-21(23-16-19-25-24-18(2)26(19)3)29-14-12-27(13-15-29)17-20(30)28-10-7-5-6-8-11-28/h4H,1,5-17H2,2-3H3,(H,22,23). The van der Waals surface area contributed by atoms with Crippen LogP contribution in [0.15, 0.2) is 17.6 Å². The fraction of sp³-hybridized carbons (Fsp3) is 0.714. The minimum Gasteiger partial charge on any atom is -0.353 e. The van der Waals surface area contributed by atoms with E-state index in [1.807, 2.05) is 24.6 Å². The molecule has 3 rings (SSSR count). The maximum absolute atomic E-state index is 12.7. The van der Waals surface area contributed by atoms with Gasteiger partial charge in [0.2, 0.25) is 5.91 Å². The third kappa shape index (κ3) is 6.04. The van der Waals surface area contributed by atoms with Gasteiger partial charge in [0.15, 0.2) is 11.8 Å². The number of hydrogen-bond acceptors (Lipinski definition) is 5. The van der Waals surface area contributed by atoms with Crippen LogP contribution in [-0.4, -0.2) is 93.7 Å². The van der Waals surface area contributed by atoms with E-state index < -0.39 is 0 Å². The van der Waals surface area contributed by atoms with E-state index in [4.69, 9.17) is 4.99 Å². The molecule has 0 atom stereocenters. The number of nitrogens with one attached hydrogen (secondary N) is 1. The molecule has 166 valence electrons. The van der Waals surface area contributed by atoms with Crippen molar-refractivity contribution in [1.82, 2.24) is 34.8 Å². The summed E-state index contributed by atoms with van der Waals surface area (Å²) in [5.41, 5.74) is 0. The van der Waals surface area contributed by atoms with Crippen molar-refractivity contribution in [3.63, 3.8) is 0 Å². The van der Waals surface area contributed by atoms with E-state index in [2.05, 4.69) is 36.8 Å². The van der Waals surface area contributed by atoms with Gasteiger partial charge in [0.1, 0.15) is 12.4 Å². The summed E-state index contributed by atoms with van der Waals surface area (Å²) in [6.07, 6.45) is 6.60. The van der Waals surface area contributed by atoms with Crippen molar-refractivity contribution >= 4 is 11.9 Å². The summed E-state index contributed by atoms with van der Waals surface area (Å²) < 4.78 is 1.96. The summed E-state index contributed by atoms with van der Waals surface area (Å²) in [6.45, 7) is 12.6. The smallest absolute Gasteiger partial charge is 0.236 e. The highest BCUT2D eigenvalue weighted by molar-refractivity contribution is 5.80. The Kier molecular flexibility index (Phi) is 8.24. The number of aromatic nitrogens is 3. The van der Waals surface area contributed by atoms with Gasteiger partial charge in [0.05, 0.1) is 6.54 Å². The van der Waals surface area contributed by atoms with E-state index in [1.165, 1.54) is 12.8 Å². The molecule has 30 heavy (non-hydrogen) atoms. The Morgan fingerprint density at radius 3 is 2.37 bits per heavy atom. The van der Waals surface area contributed by atoms with Crippen LogP contribution in [0.2, 0.25) is 0 Å². The molecular formula is C21H36N8O. The van der Waals surface area contributed by atoms with Crippen LogP contribution in [0.3, 0.4) is 0 Å². The Morgan fingerprint density at radius 1 is 1.07 bits per heavy atom. The molecule has 0 aliphatic carbocycles. The van der Waals surface area contributed by atoms with E-state index in [-0.39, 0.29) is 5.91 Å². The molecule has 0 radical (unpaired) electrons. The van der Waals surface area contributed by atoms with Gasteiger partial charge in [-0.25, -0.2) is 4.99 Å². The van der Waals surface area contributed by atoms with E-state index >= 15 is 0 Å².